The molecular formula is C23H27N3O2. The molecule has 146 valence electrons. The molecule has 1 saturated carbocycles. The van der Waals surface area contributed by atoms with Gasteiger partial charge in [0.2, 0.25) is 5.88 Å². The summed E-state index contributed by atoms with van der Waals surface area (Å²) in [5, 5.41) is 0. The lowest BCUT2D eigenvalue weighted by Crippen LogP contribution is -2.27. The number of rotatable bonds is 5. The zero-order chi connectivity index (χ0) is 19.7. The summed E-state index contributed by atoms with van der Waals surface area (Å²) in [6, 6.07) is 12.5. The largest absolute Gasteiger partial charge is 0.474 e. The fraction of sp³-hybridized carbons (Fsp3) is 0.435. The predicted octanol–water partition coefficient (Wildman–Crippen LogP) is 4.39. The highest BCUT2D eigenvalue weighted by molar-refractivity contribution is 5.78. The number of benzene rings is 1. The van der Waals surface area contributed by atoms with E-state index in [-0.39, 0.29) is 12.0 Å². The lowest BCUT2D eigenvalue weighted by atomic mass is 9.85. The fourth-order valence-corrected chi connectivity index (χ4v) is 4.09. The molecule has 1 aromatic carbocycles. The highest BCUT2D eigenvalue weighted by atomic mass is 16.5. The van der Waals surface area contributed by atoms with Crippen molar-refractivity contribution in [3.8, 4) is 5.88 Å². The van der Waals surface area contributed by atoms with E-state index in [0.29, 0.717) is 11.7 Å². The second kappa shape index (κ2) is 7.74. The number of aryl methyl sites for hydroxylation is 2. The van der Waals surface area contributed by atoms with Crippen molar-refractivity contribution < 1.29 is 9.53 Å². The zero-order valence-corrected chi connectivity index (χ0v) is 16.8. The number of hydrogen-bond donors (Lipinski definition) is 0. The van der Waals surface area contributed by atoms with Gasteiger partial charge in [-0.1, -0.05) is 29.8 Å². The van der Waals surface area contributed by atoms with Crippen LogP contribution < -0.4 is 4.74 Å². The van der Waals surface area contributed by atoms with Gasteiger partial charge in [-0.15, -0.1) is 0 Å². The number of carbonyl (C=O) groups excluding carboxylic acids is 1. The Labute approximate surface area is 165 Å². The van der Waals surface area contributed by atoms with Crippen LogP contribution in [0.5, 0.6) is 5.88 Å². The summed E-state index contributed by atoms with van der Waals surface area (Å²) in [7, 11) is 2.03. The Hall–Kier alpha value is -2.69. The second-order valence-corrected chi connectivity index (χ2v) is 7.95. The Morgan fingerprint density at radius 3 is 2.64 bits per heavy atom. The molecule has 5 nitrogen and oxygen atoms in total. The van der Waals surface area contributed by atoms with Crippen LogP contribution in [0.25, 0.3) is 11.2 Å². The monoisotopic (exact) mass is 377 g/mol. The van der Waals surface area contributed by atoms with Gasteiger partial charge >= 0.3 is 0 Å². The molecule has 1 fully saturated rings. The fourth-order valence-electron chi connectivity index (χ4n) is 4.09. The molecule has 5 heteroatoms. The van der Waals surface area contributed by atoms with Crippen LogP contribution in [0.2, 0.25) is 0 Å². The van der Waals surface area contributed by atoms with Crippen LogP contribution in [0.4, 0.5) is 0 Å². The van der Waals surface area contributed by atoms with Crippen molar-refractivity contribution in [3.05, 3.63) is 53.3 Å². The SMILES string of the molecule is Cc1cccc(Cc2nc3nc(O[C@H]4CC[C@@H](C(C)=O)CC4)ccc3n2C)c1. The standard InChI is InChI=1S/C23H27N3O2/c1-15-5-4-6-17(13-15)14-21-24-23-20(26(21)3)11-12-22(25-23)28-19-9-7-18(8-10-19)16(2)27/h4-6,11-13,18-19H,7-10,14H2,1-3H3/t18-,19+. The van der Waals surface area contributed by atoms with Crippen LogP contribution in [0, 0.1) is 12.8 Å². The van der Waals surface area contributed by atoms with Crippen LogP contribution in [-0.2, 0) is 18.3 Å². The Kier molecular flexibility index (Phi) is 5.16. The third kappa shape index (κ3) is 3.93. The number of ether oxygens (including phenoxy) is 1. The van der Waals surface area contributed by atoms with Crippen molar-refractivity contribution in [2.45, 2.75) is 52.1 Å². The molecule has 4 rings (SSSR count). The van der Waals surface area contributed by atoms with E-state index in [1.807, 2.05) is 19.2 Å². The lowest BCUT2D eigenvalue weighted by Gasteiger charge is -2.27. The highest BCUT2D eigenvalue weighted by Gasteiger charge is 2.25. The van der Waals surface area contributed by atoms with Gasteiger partial charge in [0.05, 0.1) is 5.52 Å². The van der Waals surface area contributed by atoms with E-state index in [2.05, 4.69) is 40.7 Å². The van der Waals surface area contributed by atoms with E-state index >= 15 is 0 Å². The first-order valence-corrected chi connectivity index (χ1v) is 10.0. The van der Waals surface area contributed by atoms with Crippen LogP contribution >= 0.6 is 0 Å². The Bertz CT molecular complexity index is 1000. The van der Waals surface area contributed by atoms with E-state index in [4.69, 9.17) is 9.72 Å². The smallest absolute Gasteiger partial charge is 0.215 e. The molecule has 1 aliphatic carbocycles. The molecule has 0 unspecified atom stereocenters. The minimum absolute atomic E-state index is 0.135. The van der Waals surface area contributed by atoms with Gasteiger partial charge in [-0.2, -0.15) is 4.98 Å². The number of nitrogens with zero attached hydrogens (tertiary/aromatic N) is 3. The van der Waals surface area contributed by atoms with Gasteiger partial charge in [0.25, 0.3) is 0 Å². The molecule has 0 amide bonds. The molecule has 0 aliphatic heterocycles. The normalized spacial score (nSPS) is 19.7. The van der Waals surface area contributed by atoms with Crippen LogP contribution in [0.15, 0.2) is 36.4 Å². The van der Waals surface area contributed by atoms with E-state index < -0.39 is 0 Å². The maximum Gasteiger partial charge on any atom is 0.215 e. The molecule has 0 N–H and O–H groups in total. The number of hydrogen-bond acceptors (Lipinski definition) is 4. The van der Waals surface area contributed by atoms with Crippen LogP contribution in [0.3, 0.4) is 0 Å². The Morgan fingerprint density at radius 1 is 1.14 bits per heavy atom. The number of ketones is 1. The van der Waals surface area contributed by atoms with Crippen molar-refractivity contribution >= 4 is 16.9 Å². The molecule has 2 aromatic heterocycles. The molecule has 0 spiro atoms. The first kappa shape index (κ1) is 18.7. The summed E-state index contributed by atoms with van der Waals surface area (Å²) >= 11 is 0. The van der Waals surface area contributed by atoms with Gasteiger partial charge in [0, 0.05) is 25.5 Å². The predicted molar refractivity (Wildman–Crippen MR) is 110 cm³/mol. The van der Waals surface area contributed by atoms with E-state index in [1.54, 1.807) is 6.92 Å². The van der Waals surface area contributed by atoms with Gasteiger partial charge in [-0.3, -0.25) is 4.79 Å². The van der Waals surface area contributed by atoms with E-state index in [9.17, 15) is 4.79 Å². The van der Waals surface area contributed by atoms with E-state index in [1.165, 1.54) is 11.1 Å². The topological polar surface area (TPSA) is 57.0 Å². The number of aromatic nitrogens is 3. The van der Waals surface area contributed by atoms with Crippen LogP contribution in [0.1, 0.15) is 49.6 Å². The first-order valence-electron chi connectivity index (χ1n) is 10.0. The number of fused-ring (bicyclic) bond motifs is 1. The van der Waals surface area contributed by atoms with E-state index in [0.717, 1.165) is 49.1 Å². The molecule has 1 aliphatic rings. The second-order valence-electron chi connectivity index (χ2n) is 7.95. The number of carbonyl (C=O) groups is 1. The number of pyridine rings is 1. The average molecular weight is 377 g/mol. The summed E-state index contributed by atoms with van der Waals surface area (Å²) in [4.78, 5) is 20.9. The van der Waals surface area contributed by atoms with Gasteiger partial charge in [0.15, 0.2) is 5.65 Å². The van der Waals surface area contributed by atoms with Crippen molar-refractivity contribution in [1.29, 1.82) is 0 Å². The number of Topliss-reactive ketones (excluding diaryl/α,β-unsaturated/α-hetero) is 1. The van der Waals surface area contributed by atoms with Crippen LogP contribution in [-0.4, -0.2) is 26.4 Å². The molecule has 0 atom stereocenters. The maximum absolute atomic E-state index is 11.5. The number of imidazole rings is 1. The van der Waals surface area contributed by atoms with Gasteiger partial charge < -0.3 is 9.30 Å². The Morgan fingerprint density at radius 2 is 1.93 bits per heavy atom. The van der Waals surface area contributed by atoms with Gasteiger partial charge in [-0.25, -0.2) is 4.98 Å². The first-order chi connectivity index (χ1) is 13.5. The summed E-state index contributed by atoms with van der Waals surface area (Å²) in [6.45, 7) is 3.80. The van der Waals surface area contributed by atoms with Crippen molar-refractivity contribution in [1.82, 2.24) is 14.5 Å². The maximum atomic E-state index is 11.5. The molecule has 2 heterocycles. The molecule has 3 aromatic rings. The summed E-state index contributed by atoms with van der Waals surface area (Å²) in [5.74, 6) is 2.12. The highest BCUT2D eigenvalue weighted by Crippen LogP contribution is 2.28. The third-order valence-corrected chi connectivity index (χ3v) is 5.79. The minimum Gasteiger partial charge on any atom is -0.474 e. The van der Waals surface area contributed by atoms with Gasteiger partial charge in [0.1, 0.15) is 17.7 Å². The molecule has 28 heavy (non-hydrogen) atoms. The minimum atomic E-state index is 0.135. The van der Waals surface area contributed by atoms with Crippen molar-refractivity contribution in [2.24, 2.45) is 13.0 Å². The summed E-state index contributed by atoms with van der Waals surface area (Å²) in [5.41, 5.74) is 4.23. The average Bonchev–Trinajstić information content (AvgIpc) is 2.97. The third-order valence-electron chi connectivity index (χ3n) is 5.79. The molecule has 0 saturated heterocycles. The summed E-state index contributed by atoms with van der Waals surface area (Å²) in [6.07, 6.45) is 4.55. The summed E-state index contributed by atoms with van der Waals surface area (Å²) < 4.78 is 8.21. The molecule has 0 bridgehead atoms. The Balaban J connectivity index is 1.49. The zero-order valence-electron chi connectivity index (χ0n) is 16.8. The quantitative estimate of drug-likeness (QED) is 0.661. The van der Waals surface area contributed by atoms with Gasteiger partial charge in [-0.05, 0) is 51.2 Å². The van der Waals surface area contributed by atoms with Crippen molar-refractivity contribution in [3.63, 3.8) is 0 Å². The molecule has 0 radical (unpaired) electrons. The lowest BCUT2D eigenvalue weighted by molar-refractivity contribution is -0.122. The molecular weight excluding hydrogens is 350 g/mol. The van der Waals surface area contributed by atoms with Crippen molar-refractivity contribution in [2.75, 3.05) is 0 Å².